The van der Waals surface area contributed by atoms with Crippen LogP contribution >= 0.6 is 0 Å². The summed E-state index contributed by atoms with van der Waals surface area (Å²) in [6.07, 6.45) is 0.984. The molecule has 2 aliphatic rings. The smallest absolute Gasteiger partial charge is 0.338 e. The third-order valence-electron chi connectivity index (χ3n) is 4.87. The summed E-state index contributed by atoms with van der Waals surface area (Å²) < 4.78 is 41.7. The highest BCUT2D eigenvalue weighted by Gasteiger charge is 2.39. The molecule has 0 aromatic carbocycles. The molecule has 8 nitrogen and oxygen atoms in total. The Morgan fingerprint density at radius 1 is 1.27 bits per heavy atom. The fraction of sp³-hybridized carbons (Fsp3) is 0.600. The van der Waals surface area contributed by atoms with Gasteiger partial charge in [0, 0.05) is 45.0 Å². The first-order chi connectivity index (χ1) is 12.4. The summed E-state index contributed by atoms with van der Waals surface area (Å²) in [5, 5.41) is 9.69. The van der Waals surface area contributed by atoms with E-state index in [1.807, 2.05) is 6.20 Å². The number of fused-ring (bicyclic) bond motifs is 2. The zero-order chi connectivity index (χ0) is 18.3. The second-order valence-corrected chi connectivity index (χ2v) is 6.60. The fourth-order valence-electron chi connectivity index (χ4n) is 3.49. The Labute approximate surface area is 147 Å². The molecule has 2 amide bonds. The molecule has 26 heavy (non-hydrogen) atoms. The number of aryl methyl sites for hydroxylation is 1. The Hall–Kier alpha value is -2.59. The average molecular weight is 369 g/mol. The molecule has 2 aliphatic heterocycles. The Bertz CT molecular complexity index is 813. The molecule has 0 radical (unpaired) electrons. The number of hydrogen-bond acceptors (Lipinski definition) is 4. The molecular weight excluding hydrogens is 351 g/mol. The number of amides is 2. The van der Waals surface area contributed by atoms with Crippen molar-refractivity contribution in [2.45, 2.75) is 38.7 Å². The monoisotopic (exact) mass is 369 g/mol. The SMILES string of the molecule is O=C(NCC1CCc2nccn2C1)N1CCn2c(nnc2C(F)(F)F)C1. The Balaban J connectivity index is 1.33. The van der Waals surface area contributed by atoms with E-state index < -0.39 is 12.0 Å². The number of urea groups is 1. The van der Waals surface area contributed by atoms with Crippen LogP contribution in [0.15, 0.2) is 12.4 Å². The molecule has 1 unspecified atom stereocenters. The fourth-order valence-corrected chi connectivity index (χ4v) is 3.49. The van der Waals surface area contributed by atoms with E-state index in [9.17, 15) is 18.0 Å². The van der Waals surface area contributed by atoms with Crippen molar-refractivity contribution in [1.29, 1.82) is 0 Å². The van der Waals surface area contributed by atoms with Crippen LogP contribution in [0, 0.1) is 5.92 Å². The minimum absolute atomic E-state index is 0.0191. The minimum atomic E-state index is -4.54. The number of alkyl halides is 3. The standard InChI is InChI=1S/C15H18F3N7O/c16-15(17,18)13-22-21-12-9-24(5-6-25(12)13)14(26)20-7-10-1-2-11-19-3-4-23(11)8-10/h3-4,10H,1-2,5-9H2,(H,20,26). The molecule has 2 aromatic rings. The number of nitrogens with one attached hydrogen (secondary N) is 1. The van der Waals surface area contributed by atoms with Crippen LogP contribution in [0.1, 0.15) is 23.9 Å². The van der Waals surface area contributed by atoms with Gasteiger partial charge in [-0.05, 0) is 12.3 Å². The molecule has 0 spiro atoms. The summed E-state index contributed by atoms with van der Waals surface area (Å²) in [5.41, 5.74) is 0. The maximum Gasteiger partial charge on any atom is 0.451 e. The van der Waals surface area contributed by atoms with Gasteiger partial charge in [-0.15, -0.1) is 10.2 Å². The van der Waals surface area contributed by atoms with Gasteiger partial charge in [0.25, 0.3) is 0 Å². The minimum Gasteiger partial charge on any atom is -0.338 e. The van der Waals surface area contributed by atoms with E-state index in [-0.39, 0.29) is 31.5 Å². The molecule has 11 heteroatoms. The van der Waals surface area contributed by atoms with Gasteiger partial charge in [0.05, 0.1) is 6.54 Å². The van der Waals surface area contributed by atoms with E-state index in [0.29, 0.717) is 12.5 Å². The zero-order valence-electron chi connectivity index (χ0n) is 13.9. The van der Waals surface area contributed by atoms with E-state index in [1.165, 1.54) is 4.90 Å². The summed E-state index contributed by atoms with van der Waals surface area (Å²) in [6, 6.07) is -0.288. The maximum atomic E-state index is 12.9. The van der Waals surface area contributed by atoms with Gasteiger partial charge in [0.15, 0.2) is 5.82 Å². The molecule has 0 fully saturated rings. The third kappa shape index (κ3) is 3.13. The van der Waals surface area contributed by atoms with E-state index in [2.05, 4.69) is 25.1 Å². The largest absolute Gasteiger partial charge is 0.451 e. The molecule has 0 saturated carbocycles. The second-order valence-electron chi connectivity index (χ2n) is 6.60. The lowest BCUT2D eigenvalue weighted by Crippen LogP contribution is -2.46. The van der Waals surface area contributed by atoms with Crippen molar-refractivity contribution < 1.29 is 18.0 Å². The molecule has 1 atom stereocenters. The second kappa shape index (κ2) is 6.29. The Morgan fingerprint density at radius 2 is 2.12 bits per heavy atom. The van der Waals surface area contributed by atoms with Crippen LogP contribution in [0.5, 0.6) is 0 Å². The summed E-state index contributed by atoms with van der Waals surface area (Å²) in [7, 11) is 0. The zero-order valence-corrected chi connectivity index (χ0v) is 13.9. The first kappa shape index (κ1) is 16.9. The van der Waals surface area contributed by atoms with Crippen LogP contribution < -0.4 is 5.32 Å². The van der Waals surface area contributed by atoms with Gasteiger partial charge in [-0.2, -0.15) is 13.2 Å². The van der Waals surface area contributed by atoms with Crippen LogP contribution in [0.2, 0.25) is 0 Å². The molecule has 2 aromatic heterocycles. The Kier molecular flexibility index (Phi) is 4.08. The van der Waals surface area contributed by atoms with Crippen LogP contribution in [-0.2, 0) is 32.2 Å². The van der Waals surface area contributed by atoms with Crippen molar-refractivity contribution >= 4 is 6.03 Å². The van der Waals surface area contributed by atoms with Gasteiger partial charge >= 0.3 is 12.2 Å². The quantitative estimate of drug-likeness (QED) is 0.865. The first-order valence-electron chi connectivity index (χ1n) is 8.44. The number of hydrogen-bond donors (Lipinski definition) is 1. The van der Waals surface area contributed by atoms with Crippen molar-refractivity contribution in [2.75, 3.05) is 13.1 Å². The van der Waals surface area contributed by atoms with Crippen molar-refractivity contribution in [3.8, 4) is 0 Å². The van der Waals surface area contributed by atoms with Crippen molar-refractivity contribution in [3.05, 3.63) is 29.9 Å². The van der Waals surface area contributed by atoms with Crippen LogP contribution in [0.4, 0.5) is 18.0 Å². The predicted octanol–water partition coefficient (Wildman–Crippen LogP) is 1.28. The highest BCUT2D eigenvalue weighted by atomic mass is 19.4. The average Bonchev–Trinajstić information content (AvgIpc) is 3.24. The van der Waals surface area contributed by atoms with Crippen LogP contribution in [0.25, 0.3) is 0 Å². The third-order valence-corrected chi connectivity index (χ3v) is 4.87. The first-order valence-corrected chi connectivity index (χ1v) is 8.44. The number of halogens is 3. The van der Waals surface area contributed by atoms with E-state index in [1.54, 1.807) is 6.20 Å². The van der Waals surface area contributed by atoms with E-state index >= 15 is 0 Å². The van der Waals surface area contributed by atoms with Crippen molar-refractivity contribution in [3.63, 3.8) is 0 Å². The molecule has 0 bridgehead atoms. The van der Waals surface area contributed by atoms with Crippen LogP contribution in [-0.4, -0.2) is 48.3 Å². The summed E-state index contributed by atoms with van der Waals surface area (Å²) in [6.45, 7) is 1.57. The molecule has 4 heterocycles. The molecular formula is C15H18F3N7O. The van der Waals surface area contributed by atoms with Gasteiger partial charge < -0.3 is 19.4 Å². The lowest BCUT2D eigenvalue weighted by atomic mass is 9.99. The highest BCUT2D eigenvalue weighted by Crippen LogP contribution is 2.29. The van der Waals surface area contributed by atoms with E-state index in [0.717, 1.165) is 29.8 Å². The Morgan fingerprint density at radius 3 is 2.92 bits per heavy atom. The lowest BCUT2D eigenvalue weighted by molar-refractivity contribution is -0.147. The normalized spacial score (nSPS) is 19.8. The number of carbonyl (C=O) groups excluding carboxylic acids is 1. The van der Waals surface area contributed by atoms with Crippen molar-refractivity contribution in [2.24, 2.45) is 5.92 Å². The molecule has 4 rings (SSSR count). The summed E-state index contributed by atoms with van der Waals surface area (Å²) >= 11 is 0. The van der Waals surface area contributed by atoms with Gasteiger partial charge in [-0.1, -0.05) is 0 Å². The highest BCUT2D eigenvalue weighted by molar-refractivity contribution is 5.74. The number of nitrogens with zero attached hydrogens (tertiary/aromatic N) is 6. The molecule has 0 aliphatic carbocycles. The topological polar surface area (TPSA) is 80.9 Å². The summed E-state index contributed by atoms with van der Waals surface area (Å²) in [4.78, 5) is 18.1. The molecule has 1 N–H and O–H groups in total. The predicted molar refractivity (Wildman–Crippen MR) is 82.9 cm³/mol. The van der Waals surface area contributed by atoms with Crippen molar-refractivity contribution in [1.82, 2.24) is 34.5 Å². The number of imidazole rings is 1. The lowest BCUT2D eigenvalue weighted by Gasteiger charge is -2.29. The molecule has 0 saturated heterocycles. The van der Waals surface area contributed by atoms with Gasteiger partial charge in [0.1, 0.15) is 5.82 Å². The van der Waals surface area contributed by atoms with E-state index in [4.69, 9.17) is 0 Å². The molecule has 140 valence electrons. The number of rotatable bonds is 2. The van der Waals surface area contributed by atoms with Crippen LogP contribution in [0.3, 0.4) is 0 Å². The van der Waals surface area contributed by atoms with Gasteiger partial charge in [-0.3, -0.25) is 0 Å². The number of aromatic nitrogens is 5. The number of carbonyl (C=O) groups is 1. The van der Waals surface area contributed by atoms with Gasteiger partial charge in [0.2, 0.25) is 5.82 Å². The maximum absolute atomic E-state index is 12.9. The van der Waals surface area contributed by atoms with Gasteiger partial charge in [-0.25, -0.2) is 9.78 Å². The summed E-state index contributed by atoms with van der Waals surface area (Å²) in [5.74, 6) is 0.514.